The van der Waals surface area contributed by atoms with Gasteiger partial charge in [-0.2, -0.15) is 0 Å². The molecule has 0 aliphatic carbocycles. The number of carbonyl (C=O) groups excluding carboxylic acids is 2. The monoisotopic (exact) mass is 457 g/mol. The minimum absolute atomic E-state index is 0.0421. The number of rotatable bonds is 9. The number of hydrogen-bond acceptors (Lipinski definition) is 7. The second kappa shape index (κ2) is 10.0. The molecular weight excluding hydrogens is 434 g/mol. The molecule has 1 aromatic carbocycles. The number of carbonyl (C=O) groups is 2. The molecule has 0 spiro atoms. The average molecular weight is 457 g/mol. The zero-order valence-electron chi connectivity index (χ0n) is 18.6. The molecular formula is C25H23N5O4. The van der Waals surface area contributed by atoms with Crippen LogP contribution in [0.15, 0.2) is 78.9 Å². The van der Waals surface area contributed by atoms with E-state index < -0.39 is 16.7 Å². The Labute approximate surface area is 196 Å². The number of imide groups is 1. The molecule has 1 aliphatic heterocycles. The van der Waals surface area contributed by atoms with Gasteiger partial charge in [0.25, 0.3) is 17.5 Å². The highest BCUT2D eigenvalue weighted by Crippen LogP contribution is 2.33. The van der Waals surface area contributed by atoms with Gasteiger partial charge in [-0.15, -0.1) is 0 Å². The van der Waals surface area contributed by atoms with Gasteiger partial charge in [0, 0.05) is 43.8 Å². The Kier molecular flexibility index (Phi) is 6.72. The van der Waals surface area contributed by atoms with Gasteiger partial charge in [0.1, 0.15) is 5.70 Å². The summed E-state index contributed by atoms with van der Waals surface area (Å²) in [6.45, 7) is 2.99. The standard InChI is InChI=1S/C25H23N5O4/c1-2-28(16-12-18-10-14-26-15-11-18)23-22(19-6-8-21(9-7-19)30(33)34)24(31)29(25(23)32)17-20-5-3-4-13-27-20/h3-11,13-15H,2,12,16-17H2,1H3. The summed E-state index contributed by atoms with van der Waals surface area (Å²) in [5.41, 5.74) is 2.57. The summed E-state index contributed by atoms with van der Waals surface area (Å²) < 4.78 is 0. The van der Waals surface area contributed by atoms with E-state index in [4.69, 9.17) is 0 Å². The lowest BCUT2D eigenvalue weighted by Gasteiger charge is -2.24. The molecule has 0 N–H and O–H groups in total. The van der Waals surface area contributed by atoms with E-state index in [1.807, 2.05) is 24.0 Å². The first-order valence-electron chi connectivity index (χ1n) is 10.9. The van der Waals surface area contributed by atoms with Crippen LogP contribution in [0, 0.1) is 10.1 Å². The van der Waals surface area contributed by atoms with E-state index in [9.17, 15) is 19.7 Å². The Hall–Kier alpha value is -4.40. The fourth-order valence-electron chi connectivity index (χ4n) is 3.91. The van der Waals surface area contributed by atoms with E-state index in [2.05, 4.69) is 9.97 Å². The topological polar surface area (TPSA) is 110 Å². The van der Waals surface area contributed by atoms with Crippen LogP contribution in [0.2, 0.25) is 0 Å². The van der Waals surface area contributed by atoms with Gasteiger partial charge >= 0.3 is 0 Å². The second-order valence-corrected chi connectivity index (χ2v) is 7.73. The highest BCUT2D eigenvalue weighted by atomic mass is 16.6. The summed E-state index contributed by atoms with van der Waals surface area (Å²) in [5, 5.41) is 11.1. The van der Waals surface area contributed by atoms with Crippen molar-refractivity contribution in [3.05, 3.63) is 106 Å². The zero-order valence-corrected chi connectivity index (χ0v) is 18.6. The van der Waals surface area contributed by atoms with Crippen molar-refractivity contribution in [3.63, 3.8) is 0 Å². The van der Waals surface area contributed by atoms with Crippen molar-refractivity contribution in [1.82, 2.24) is 19.8 Å². The molecule has 4 rings (SSSR count). The average Bonchev–Trinajstić information content (AvgIpc) is 3.10. The van der Waals surface area contributed by atoms with E-state index in [0.717, 1.165) is 5.56 Å². The highest BCUT2D eigenvalue weighted by molar-refractivity contribution is 6.35. The zero-order chi connectivity index (χ0) is 24.1. The molecule has 2 aromatic heterocycles. The van der Waals surface area contributed by atoms with Crippen molar-refractivity contribution in [2.45, 2.75) is 19.9 Å². The fraction of sp³-hybridized carbons (Fsp3) is 0.200. The third-order valence-corrected chi connectivity index (χ3v) is 5.67. The van der Waals surface area contributed by atoms with Crippen LogP contribution in [0.5, 0.6) is 0 Å². The fourth-order valence-corrected chi connectivity index (χ4v) is 3.91. The van der Waals surface area contributed by atoms with Crippen molar-refractivity contribution >= 4 is 23.1 Å². The summed E-state index contributed by atoms with van der Waals surface area (Å²) in [4.78, 5) is 49.0. The van der Waals surface area contributed by atoms with Crippen molar-refractivity contribution in [3.8, 4) is 0 Å². The lowest BCUT2D eigenvalue weighted by molar-refractivity contribution is -0.384. The molecule has 0 atom stereocenters. The predicted octanol–water partition coefficient (Wildman–Crippen LogP) is 3.23. The van der Waals surface area contributed by atoms with Crippen molar-refractivity contribution in [2.24, 2.45) is 0 Å². The lowest BCUT2D eigenvalue weighted by Crippen LogP contribution is -2.35. The van der Waals surface area contributed by atoms with Gasteiger partial charge in [0.15, 0.2) is 0 Å². The lowest BCUT2D eigenvalue weighted by atomic mass is 10.0. The van der Waals surface area contributed by atoms with Gasteiger partial charge in [0.05, 0.1) is 22.7 Å². The van der Waals surface area contributed by atoms with E-state index in [1.165, 1.54) is 29.2 Å². The van der Waals surface area contributed by atoms with Gasteiger partial charge in [-0.3, -0.25) is 34.6 Å². The summed E-state index contributed by atoms with van der Waals surface area (Å²) in [6, 6.07) is 14.8. The number of nitro groups is 1. The summed E-state index contributed by atoms with van der Waals surface area (Å²) in [5.74, 6) is -0.845. The van der Waals surface area contributed by atoms with Gasteiger partial charge in [-0.25, -0.2) is 0 Å². The molecule has 0 unspecified atom stereocenters. The Balaban J connectivity index is 1.71. The number of nitro benzene ring substituents is 1. The van der Waals surface area contributed by atoms with E-state index >= 15 is 0 Å². The minimum Gasteiger partial charge on any atom is -0.366 e. The van der Waals surface area contributed by atoms with Gasteiger partial charge in [-0.05, 0) is 60.9 Å². The van der Waals surface area contributed by atoms with Crippen LogP contribution < -0.4 is 0 Å². The number of benzene rings is 1. The minimum atomic E-state index is -0.499. The molecule has 0 bridgehead atoms. The molecule has 3 heterocycles. The number of non-ortho nitro benzene ring substituents is 1. The third-order valence-electron chi connectivity index (χ3n) is 5.67. The maximum Gasteiger partial charge on any atom is 0.278 e. The number of nitrogens with zero attached hydrogens (tertiary/aromatic N) is 5. The molecule has 3 aromatic rings. The Morgan fingerprint density at radius 2 is 1.71 bits per heavy atom. The third kappa shape index (κ3) is 4.68. The van der Waals surface area contributed by atoms with Gasteiger partial charge < -0.3 is 4.90 Å². The maximum absolute atomic E-state index is 13.6. The molecule has 2 amide bonds. The first-order valence-corrected chi connectivity index (χ1v) is 10.9. The molecule has 1 aliphatic rings. The summed E-state index contributed by atoms with van der Waals surface area (Å²) in [7, 11) is 0. The van der Waals surface area contributed by atoms with Crippen LogP contribution in [0.3, 0.4) is 0 Å². The Morgan fingerprint density at radius 3 is 2.32 bits per heavy atom. The largest absolute Gasteiger partial charge is 0.366 e. The highest BCUT2D eigenvalue weighted by Gasteiger charge is 2.41. The van der Waals surface area contributed by atoms with Crippen LogP contribution in [-0.4, -0.2) is 49.6 Å². The molecule has 0 radical (unpaired) electrons. The van der Waals surface area contributed by atoms with Crippen molar-refractivity contribution in [2.75, 3.05) is 13.1 Å². The number of pyridine rings is 2. The van der Waals surface area contributed by atoms with Gasteiger partial charge in [0.2, 0.25) is 0 Å². The number of aromatic nitrogens is 2. The SMILES string of the molecule is CCN(CCc1ccncc1)C1=C(c2ccc([N+](=O)[O-])cc2)C(=O)N(Cc2ccccn2)C1=O. The maximum atomic E-state index is 13.6. The molecule has 0 saturated carbocycles. The Morgan fingerprint density at radius 1 is 0.971 bits per heavy atom. The second-order valence-electron chi connectivity index (χ2n) is 7.73. The number of hydrogen-bond donors (Lipinski definition) is 0. The quantitative estimate of drug-likeness (QED) is 0.276. The normalized spacial score (nSPS) is 13.5. The van der Waals surface area contributed by atoms with E-state index in [-0.39, 0.29) is 17.8 Å². The first kappa shape index (κ1) is 22.8. The van der Waals surface area contributed by atoms with Crippen LogP contribution in [0.1, 0.15) is 23.7 Å². The smallest absolute Gasteiger partial charge is 0.278 e. The summed E-state index contributed by atoms with van der Waals surface area (Å²) >= 11 is 0. The molecule has 34 heavy (non-hydrogen) atoms. The number of likely N-dealkylation sites (N-methyl/N-ethyl adjacent to an activating group) is 1. The van der Waals surface area contributed by atoms with Crippen LogP contribution in [0.25, 0.3) is 5.57 Å². The van der Waals surface area contributed by atoms with E-state index in [1.54, 1.807) is 36.8 Å². The first-order chi connectivity index (χ1) is 16.5. The number of amides is 2. The van der Waals surface area contributed by atoms with E-state index in [0.29, 0.717) is 36.5 Å². The molecule has 9 heteroatoms. The Bertz CT molecular complexity index is 1230. The van der Waals surface area contributed by atoms with Crippen LogP contribution in [-0.2, 0) is 22.6 Å². The van der Waals surface area contributed by atoms with Crippen LogP contribution in [0.4, 0.5) is 5.69 Å². The summed E-state index contributed by atoms with van der Waals surface area (Å²) in [6.07, 6.45) is 5.70. The molecule has 0 fully saturated rings. The van der Waals surface area contributed by atoms with Gasteiger partial charge in [-0.1, -0.05) is 6.07 Å². The van der Waals surface area contributed by atoms with Crippen LogP contribution >= 0.6 is 0 Å². The molecule has 9 nitrogen and oxygen atoms in total. The van der Waals surface area contributed by atoms with Crippen molar-refractivity contribution in [1.29, 1.82) is 0 Å². The molecule has 172 valence electrons. The predicted molar refractivity (Wildman–Crippen MR) is 125 cm³/mol. The van der Waals surface area contributed by atoms with Crippen molar-refractivity contribution < 1.29 is 14.5 Å². The molecule has 0 saturated heterocycles.